The zero-order chi connectivity index (χ0) is 20.6. The maximum atomic E-state index is 12.4. The van der Waals surface area contributed by atoms with Gasteiger partial charge in [0.2, 0.25) is 11.8 Å². The lowest BCUT2D eigenvalue weighted by Crippen LogP contribution is -2.30. The van der Waals surface area contributed by atoms with Gasteiger partial charge in [-0.1, -0.05) is 0 Å². The summed E-state index contributed by atoms with van der Waals surface area (Å²) < 4.78 is 21.9. The number of aromatic nitrogens is 2. The summed E-state index contributed by atoms with van der Waals surface area (Å²) in [7, 11) is 1.79. The zero-order valence-corrected chi connectivity index (χ0v) is 16.7. The number of rotatable bonds is 10. The average molecular weight is 400 g/mol. The molecule has 1 N–H and O–H groups in total. The van der Waals surface area contributed by atoms with E-state index in [0.717, 1.165) is 0 Å². The highest BCUT2D eigenvalue weighted by Gasteiger charge is 2.15. The summed E-state index contributed by atoms with van der Waals surface area (Å²) in [6.07, 6.45) is 1.54. The topological polar surface area (TPSA) is 103 Å². The molecule has 2 heterocycles. The summed E-state index contributed by atoms with van der Waals surface area (Å²) in [6, 6.07) is 8.79. The summed E-state index contributed by atoms with van der Waals surface area (Å²) in [4.78, 5) is 14.1. The van der Waals surface area contributed by atoms with Crippen molar-refractivity contribution in [3.05, 3.63) is 42.5 Å². The summed E-state index contributed by atoms with van der Waals surface area (Å²) in [5.41, 5.74) is 0.633. The molecule has 0 spiro atoms. The van der Waals surface area contributed by atoms with Crippen LogP contribution in [0.4, 0.5) is 5.69 Å². The van der Waals surface area contributed by atoms with E-state index < -0.39 is 0 Å². The minimum absolute atomic E-state index is 0.148. The number of amides is 1. The number of benzene rings is 1. The molecular formula is C20H24N4O5. The van der Waals surface area contributed by atoms with E-state index in [4.69, 9.17) is 18.3 Å². The zero-order valence-electron chi connectivity index (χ0n) is 16.7. The molecule has 1 aromatic carbocycles. The smallest absolute Gasteiger partial charge is 0.283 e. The first kappa shape index (κ1) is 20.4. The van der Waals surface area contributed by atoms with Gasteiger partial charge in [0, 0.05) is 11.8 Å². The molecule has 1 amide bonds. The van der Waals surface area contributed by atoms with E-state index in [-0.39, 0.29) is 12.5 Å². The fourth-order valence-electron chi connectivity index (χ4n) is 2.68. The van der Waals surface area contributed by atoms with Crippen LogP contribution in [0, 0.1) is 0 Å². The summed E-state index contributed by atoms with van der Waals surface area (Å²) >= 11 is 0. The van der Waals surface area contributed by atoms with Crippen LogP contribution in [-0.2, 0) is 11.3 Å². The number of carbonyl (C=O) groups excluding carboxylic acids is 1. The van der Waals surface area contributed by atoms with Crippen LogP contribution in [0.2, 0.25) is 0 Å². The summed E-state index contributed by atoms with van der Waals surface area (Å²) in [5, 5.41) is 10.8. The molecule has 2 aromatic heterocycles. The van der Waals surface area contributed by atoms with E-state index in [9.17, 15) is 4.79 Å². The Bertz CT molecular complexity index is 923. The second kappa shape index (κ2) is 9.74. The van der Waals surface area contributed by atoms with Crippen molar-refractivity contribution in [3.63, 3.8) is 0 Å². The minimum atomic E-state index is -0.176. The van der Waals surface area contributed by atoms with Crippen LogP contribution in [-0.4, -0.2) is 47.8 Å². The van der Waals surface area contributed by atoms with Gasteiger partial charge in [0.05, 0.1) is 32.6 Å². The summed E-state index contributed by atoms with van der Waals surface area (Å²) in [5.74, 6) is 2.27. The van der Waals surface area contributed by atoms with Crippen molar-refractivity contribution in [2.75, 3.05) is 32.1 Å². The minimum Gasteiger partial charge on any atom is -0.490 e. The number of ether oxygens (including phenoxy) is 2. The third-order valence-electron chi connectivity index (χ3n) is 3.84. The third-order valence-corrected chi connectivity index (χ3v) is 3.84. The molecule has 3 aromatic rings. The number of nitrogens with one attached hydrogen (secondary N) is 1. The highest BCUT2D eigenvalue weighted by molar-refractivity contribution is 5.92. The molecule has 0 saturated heterocycles. The van der Waals surface area contributed by atoms with Crippen molar-refractivity contribution in [1.82, 2.24) is 15.1 Å². The van der Waals surface area contributed by atoms with Gasteiger partial charge < -0.3 is 23.6 Å². The number of carbonyl (C=O) groups is 1. The normalized spacial score (nSPS) is 10.9. The van der Waals surface area contributed by atoms with E-state index in [1.165, 1.54) is 6.26 Å². The van der Waals surface area contributed by atoms with E-state index in [1.54, 1.807) is 42.3 Å². The number of hydrogen-bond acceptors (Lipinski definition) is 8. The number of nitrogens with zero attached hydrogens (tertiary/aromatic N) is 3. The molecule has 3 rings (SSSR count). The Morgan fingerprint density at radius 1 is 1.14 bits per heavy atom. The Hall–Kier alpha value is -3.33. The quantitative estimate of drug-likeness (QED) is 0.553. The van der Waals surface area contributed by atoms with Crippen LogP contribution in [0.1, 0.15) is 19.7 Å². The van der Waals surface area contributed by atoms with Gasteiger partial charge in [-0.15, -0.1) is 10.2 Å². The number of anilines is 1. The molecule has 0 unspecified atom stereocenters. The van der Waals surface area contributed by atoms with Crippen LogP contribution in [0.3, 0.4) is 0 Å². The van der Waals surface area contributed by atoms with E-state index in [2.05, 4.69) is 15.5 Å². The van der Waals surface area contributed by atoms with Crippen molar-refractivity contribution in [1.29, 1.82) is 0 Å². The molecule has 9 nitrogen and oxygen atoms in total. The maximum Gasteiger partial charge on any atom is 0.283 e. The Morgan fingerprint density at radius 3 is 2.66 bits per heavy atom. The lowest BCUT2D eigenvalue weighted by molar-refractivity contribution is -0.117. The Kier molecular flexibility index (Phi) is 6.85. The number of likely N-dealkylation sites (N-methyl/N-ethyl adjacent to an activating group) is 1. The Labute approximate surface area is 168 Å². The van der Waals surface area contributed by atoms with Gasteiger partial charge in [-0.3, -0.25) is 9.69 Å². The first-order valence-electron chi connectivity index (χ1n) is 9.33. The van der Waals surface area contributed by atoms with Crippen LogP contribution in [0.15, 0.2) is 45.4 Å². The third kappa shape index (κ3) is 5.58. The lowest BCUT2D eigenvalue weighted by Gasteiger charge is -2.15. The van der Waals surface area contributed by atoms with Crippen molar-refractivity contribution in [3.8, 4) is 23.1 Å². The average Bonchev–Trinajstić information content (AvgIpc) is 3.35. The monoisotopic (exact) mass is 400 g/mol. The fraction of sp³-hybridized carbons (Fsp3) is 0.350. The van der Waals surface area contributed by atoms with E-state index in [0.29, 0.717) is 54.5 Å². The second-order valence-corrected chi connectivity index (χ2v) is 6.23. The van der Waals surface area contributed by atoms with Gasteiger partial charge in [-0.25, -0.2) is 0 Å². The number of hydrogen-bond donors (Lipinski definition) is 1. The summed E-state index contributed by atoms with van der Waals surface area (Å²) in [6.45, 7) is 5.31. The molecule has 0 bridgehead atoms. The van der Waals surface area contributed by atoms with Gasteiger partial charge in [-0.05, 0) is 45.2 Å². The standard InChI is InChI=1S/C20H24N4O5/c1-4-26-15-9-8-14(11-17(15)27-5-2)21-18(25)12-24(3)13-19-22-23-20(29-19)16-7-6-10-28-16/h6-11H,4-5,12-13H2,1-3H3,(H,21,25). The molecule has 0 fully saturated rings. The van der Waals surface area contributed by atoms with E-state index >= 15 is 0 Å². The van der Waals surface area contributed by atoms with Crippen LogP contribution >= 0.6 is 0 Å². The maximum absolute atomic E-state index is 12.4. The van der Waals surface area contributed by atoms with Crippen molar-refractivity contribution >= 4 is 11.6 Å². The molecule has 0 aliphatic heterocycles. The van der Waals surface area contributed by atoms with Crippen LogP contribution in [0.5, 0.6) is 11.5 Å². The first-order chi connectivity index (χ1) is 14.1. The molecule has 0 atom stereocenters. The molecule has 29 heavy (non-hydrogen) atoms. The van der Waals surface area contributed by atoms with Gasteiger partial charge in [0.15, 0.2) is 17.3 Å². The largest absolute Gasteiger partial charge is 0.490 e. The lowest BCUT2D eigenvalue weighted by atomic mass is 10.2. The molecule has 0 aliphatic carbocycles. The van der Waals surface area contributed by atoms with Crippen molar-refractivity contribution < 1.29 is 23.1 Å². The Balaban J connectivity index is 1.55. The second-order valence-electron chi connectivity index (χ2n) is 6.23. The molecule has 0 radical (unpaired) electrons. The van der Waals surface area contributed by atoms with Gasteiger partial charge in [-0.2, -0.15) is 0 Å². The Morgan fingerprint density at radius 2 is 1.93 bits per heavy atom. The van der Waals surface area contributed by atoms with Gasteiger partial charge >= 0.3 is 0 Å². The predicted octanol–water partition coefficient (Wildman–Crippen LogP) is 3.20. The fourth-order valence-corrected chi connectivity index (χ4v) is 2.68. The van der Waals surface area contributed by atoms with Crippen LogP contribution in [0.25, 0.3) is 11.7 Å². The van der Waals surface area contributed by atoms with Gasteiger partial charge in [0.1, 0.15) is 0 Å². The van der Waals surface area contributed by atoms with Crippen molar-refractivity contribution in [2.24, 2.45) is 0 Å². The predicted molar refractivity (Wildman–Crippen MR) is 106 cm³/mol. The molecule has 154 valence electrons. The molecule has 9 heteroatoms. The molecule has 0 aliphatic rings. The highest BCUT2D eigenvalue weighted by Crippen LogP contribution is 2.30. The van der Waals surface area contributed by atoms with E-state index in [1.807, 2.05) is 13.8 Å². The van der Waals surface area contributed by atoms with Gasteiger partial charge in [0.25, 0.3) is 5.89 Å². The molecule has 0 saturated carbocycles. The highest BCUT2D eigenvalue weighted by atomic mass is 16.5. The van der Waals surface area contributed by atoms with Crippen LogP contribution < -0.4 is 14.8 Å². The SMILES string of the molecule is CCOc1ccc(NC(=O)CN(C)Cc2nnc(-c3ccco3)o2)cc1OCC. The number of furan rings is 1. The first-order valence-corrected chi connectivity index (χ1v) is 9.33. The molecular weight excluding hydrogens is 376 g/mol. The van der Waals surface area contributed by atoms with Crippen molar-refractivity contribution in [2.45, 2.75) is 20.4 Å².